The first-order chi connectivity index (χ1) is 10.5. The van der Waals surface area contributed by atoms with Gasteiger partial charge < -0.3 is 5.11 Å². The van der Waals surface area contributed by atoms with E-state index in [0.717, 1.165) is 5.56 Å². The van der Waals surface area contributed by atoms with Gasteiger partial charge in [-0.2, -0.15) is 0 Å². The molecule has 0 aliphatic carbocycles. The summed E-state index contributed by atoms with van der Waals surface area (Å²) in [5, 5.41) is 10.8. The normalized spacial score (nSPS) is 19.5. The lowest BCUT2D eigenvalue weighted by atomic mass is 9.88. The average molecular weight is 312 g/mol. The van der Waals surface area contributed by atoms with E-state index in [1.165, 1.54) is 29.7 Å². The zero-order valence-corrected chi connectivity index (χ0v) is 12.5. The fourth-order valence-electron chi connectivity index (χ4n) is 2.31. The molecule has 5 nitrogen and oxygen atoms in total. The van der Waals surface area contributed by atoms with Crippen LogP contribution in [0.1, 0.15) is 31.3 Å². The molecule has 0 amide bonds. The largest absolute Gasteiger partial charge is 0.478 e. The highest BCUT2D eigenvalue weighted by Crippen LogP contribution is 2.35. The maximum absolute atomic E-state index is 13.0. The first-order valence-corrected chi connectivity index (χ1v) is 7.44. The van der Waals surface area contributed by atoms with Crippen LogP contribution in [0.4, 0.5) is 0 Å². The molecule has 0 saturated carbocycles. The Hall–Kier alpha value is -2.60. The Bertz CT molecular complexity index is 791. The quantitative estimate of drug-likeness (QED) is 0.880. The third-order valence-electron chi connectivity index (χ3n) is 3.52. The summed E-state index contributed by atoms with van der Waals surface area (Å²) in [6.45, 7) is 1.88. The van der Waals surface area contributed by atoms with Gasteiger partial charge in [0.15, 0.2) is 5.54 Å². The predicted octanol–water partition coefficient (Wildman–Crippen LogP) is 2.87. The number of Topliss-reactive ketones (excluding diaryl/α,β-unsaturated/α-hetero) is 1. The van der Waals surface area contributed by atoms with Gasteiger partial charge in [0.2, 0.25) is 5.78 Å². The van der Waals surface area contributed by atoms with Crippen LogP contribution in [0.25, 0.3) is 0 Å². The Morgan fingerprint density at radius 3 is 2.59 bits per heavy atom. The third kappa shape index (κ3) is 2.17. The standard InChI is InChI=1S/C16H12N2O3S/c1-10-5-8-22-13(10)14(19)16(6-2-7-18-16)12-4-3-11(9-17-12)15(20)21/h2-9H,1H3,(H,20,21). The Labute approximate surface area is 130 Å². The van der Waals surface area contributed by atoms with Gasteiger partial charge >= 0.3 is 5.97 Å². The number of carboxylic acids is 1. The summed E-state index contributed by atoms with van der Waals surface area (Å²) in [4.78, 5) is 33.0. The molecular formula is C16H12N2O3S. The fraction of sp³-hybridized carbons (Fsp3) is 0.125. The van der Waals surface area contributed by atoms with E-state index in [9.17, 15) is 9.59 Å². The predicted molar refractivity (Wildman–Crippen MR) is 83.9 cm³/mol. The van der Waals surface area contributed by atoms with E-state index < -0.39 is 11.5 Å². The Morgan fingerprint density at radius 1 is 1.27 bits per heavy atom. The molecule has 2 aromatic heterocycles. The number of thiophene rings is 1. The first-order valence-electron chi connectivity index (χ1n) is 6.56. The molecule has 1 aliphatic rings. The van der Waals surface area contributed by atoms with Gasteiger partial charge in [-0.3, -0.25) is 14.8 Å². The van der Waals surface area contributed by atoms with Crippen molar-refractivity contribution in [2.75, 3.05) is 0 Å². The molecule has 1 aliphatic heterocycles. The van der Waals surface area contributed by atoms with Gasteiger partial charge in [0.1, 0.15) is 0 Å². The van der Waals surface area contributed by atoms with Crippen LogP contribution in [-0.2, 0) is 5.54 Å². The lowest BCUT2D eigenvalue weighted by Gasteiger charge is -2.22. The number of pyridine rings is 1. The highest BCUT2D eigenvalue weighted by molar-refractivity contribution is 7.12. The van der Waals surface area contributed by atoms with E-state index in [2.05, 4.69) is 9.98 Å². The van der Waals surface area contributed by atoms with Crippen LogP contribution in [0.3, 0.4) is 0 Å². The summed E-state index contributed by atoms with van der Waals surface area (Å²) < 4.78 is 0. The minimum Gasteiger partial charge on any atom is -0.478 e. The van der Waals surface area contributed by atoms with Crippen molar-refractivity contribution in [1.82, 2.24) is 4.98 Å². The van der Waals surface area contributed by atoms with Gasteiger partial charge in [-0.15, -0.1) is 11.3 Å². The smallest absolute Gasteiger partial charge is 0.337 e. The molecule has 22 heavy (non-hydrogen) atoms. The Morgan fingerprint density at radius 2 is 2.09 bits per heavy atom. The number of ketones is 1. The molecule has 1 N–H and O–H groups in total. The number of carbonyl (C=O) groups is 2. The monoisotopic (exact) mass is 312 g/mol. The van der Waals surface area contributed by atoms with Crippen LogP contribution in [0.2, 0.25) is 0 Å². The number of hydrogen-bond acceptors (Lipinski definition) is 5. The van der Waals surface area contributed by atoms with Crippen molar-refractivity contribution in [3.63, 3.8) is 0 Å². The lowest BCUT2D eigenvalue weighted by molar-refractivity contribution is 0.0696. The zero-order valence-electron chi connectivity index (χ0n) is 11.7. The van der Waals surface area contributed by atoms with E-state index >= 15 is 0 Å². The molecule has 0 spiro atoms. The summed E-state index contributed by atoms with van der Waals surface area (Å²) >= 11 is 1.37. The topological polar surface area (TPSA) is 79.6 Å². The van der Waals surface area contributed by atoms with Gasteiger partial charge in [0.25, 0.3) is 0 Å². The van der Waals surface area contributed by atoms with Gasteiger partial charge in [-0.1, -0.05) is 0 Å². The minimum absolute atomic E-state index is 0.0737. The minimum atomic E-state index is -1.20. The van der Waals surface area contributed by atoms with E-state index in [0.29, 0.717) is 10.6 Å². The van der Waals surface area contributed by atoms with Crippen LogP contribution in [-0.4, -0.2) is 28.1 Å². The Balaban J connectivity index is 2.08. The summed E-state index contributed by atoms with van der Waals surface area (Å²) in [7, 11) is 0. The van der Waals surface area contributed by atoms with Crippen LogP contribution in [0, 0.1) is 6.92 Å². The first kappa shape index (κ1) is 14.3. The number of carbonyl (C=O) groups excluding carboxylic acids is 1. The van der Waals surface area contributed by atoms with Crippen molar-refractivity contribution in [3.8, 4) is 0 Å². The van der Waals surface area contributed by atoms with Crippen molar-refractivity contribution >= 4 is 29.3 Å². The fourth-order valence-corrected chi connectivity index (χ4v) is 3.24. The number of aliphatic imine (C=N–C) groups is 1. The molecule has 1 unspecified atom stereocenters. The molecule has 0 radical (unpaired) electrons. The van der Waals surface area contributed by atoms with Gasteiger partial charge in [-0.25, -0.2) is 4.79 Å². The van der Waals surface area contributed by atoms with Gasteiger partial charge in [0, 0.05) is 12.4 Å². The maximum Gasteiger partial charge on any atom is 0.337 e. The van der Waals surface area contributed by atoms with Crippen molar-refractivity contribution in [2.24, 2.45) is 4.99 Å². The number of rotatable bonds is 4. The second-order valence-corrected chi connectivity index (χ2v) is 5.82. The third-order valence-corrected chi connectivity index (χ3v) is 4.53. The molecule has 3 heterocycles. The van der Waals surface area contributed by atoms with Crippen molar-refractivity contribution in [2.45, 2.75) is 12.5 Å². The molecule has 110 valence electrons. The highest BCUT2D eigenvalue weighted by atomic mass is 32.1. The summed E-state index contributed by atoms with van der Waals surface area (Å²) in [6, 6.07) is 4.86. The summed E-state index contributed by atoms with van der Waals surface area (Å²) in [5.41, 5.74) is 0.184. The van der Waals surface area contributed by atoms with Crippen LogP contribution >= 0.6 is 11.3 Å². The highest BCUT2D eigenvalue weighted by Gasteiger charge is 2.41. The molecule has 0 fully saturated rings. The molecule has 0 saturated heterocycles. The molecule has 0 aromatic carbocycles. The van der Waals surface area contributed by atoms with Crippen molar-refractivity contribution in [3.05, 3.63) is 63.6 Å². The summed E-state index contributed by atoms with van der Waals surface area (Å²) in [6.07, 6.45) is 6.20. The Kier molecular flexibility index (Phi) is 3.46. The lowest BCUT2D eigenvalue weighted by Crippen LogP contribution is -2.31. The van der Waals surface area contributed by atoms with Crippen molar-refractivity contribution < 1.29 is 14.7 Å². The summed E-state index contributed by atoms with van der Waals surface area (Å²) in [5.74, 6) is -1.21. The molecule has 6 heteroatoms. The molecule has 3 rings (SSSR count). The van der Waals surface area contributed by atoms with Crippen LogP contribution in [0.5, 0.6) is 0 Å². The molecule has 0 bridgehead atoms. The van der Waals surface area contributed by atoms with E-state index in [1.807, 2.05) is 18.4 Å². The van der Waals surface area contributed by atoms with Crippen LogP contribution < -0.4 is 0 Å². The molecule has 2 aromatic rings. The van der Waals surface area contributed by atoms with E-state index in [4.69, 9.17) is 5.11 Å². The number of aryl methyl sites for hydroxylation is 1. The number of allylic oxidation sites excluding steroid dienone is 1. The van der Waals surface area contributed by atoms with E-state index in [-0.39, 0.29) is 11.3 Å². The average Bonchev–Trinajstić information content (AvgIpc) is 3.16. The number of aromatic carboxylic acids is 1. The van der Waals surface area contributed by atoms with Crippen molar-refractivity contribution in [1.29, 1.82) is 0 Å². The second-order valence-electron chi connectivity index (χ2n) is 4.90. The van der Waals surface area contributed by atoms with Gasteiger partial charge in [-0.05, 0) is 48.2 Å². The van der Waals surface area contributed by atoms with Gasteiger partial charge in [0.05, 0.1) is 16.1 Å². The molecular weight excluding hydrogens is 300 g/mol. The number of aromatic nitrogens is 1. The molecule has 1 atom stereocenters. The van der Waals surface area contributed by atoms with E-state index in [1.54, 1.807) is 18.4 Å². The number of hydrogen-bond donors (Lipinski definition) is 1. The van der Waals surface area contributed by atoms with Crippen LogP contribution in [0.15, 0.2) is 46.9 Å². The number of carboxylic acid groups (broad SMARTS) is 1. The number of nitrogens with zero attached hydrogens (tertiary/aromatic N) is 2. The second kappa shape index (κ2) is 5.31. The maximum atomic E-state index is 13.0. The SMILES string of the molecule is Cc1ccsc1C(=O)C1(c2ccc(C(=O)O)cn2)C=CC=N1. The zero-order chi connectivity index (χ0) is 15.7.